The number of fused-ring (bicyclic) bond motifs is 3. The number of ether oxygens (including phenoxy) is 2. The van der Waals surface area contributed by atoms with Crippen LogP contribution in [-0.4, -0.2) is 19.0 Å². The van der Waals surface area contributed by atoms with Crippen LogP contribution in [0.4, 0.5) is 5.69 Å². The van der Waals surface area contributed by atoms with Crippen LogP contribution in [0.1, 0.15) is 12.8 Å². The number of anilines is 1. The van der Waals surface area contributed by atoms with Crippen molar-refractivity contribution in [2.75, 3.05) is 12.4 Å². The van der Waals surface area contributed by atoms with Crippen LogP contribution in [0.25, 0.3) is 22.9 Å². The van der Waals surface area contributed by atoms with Gasteiger partial charge in [-0.15, -0.1) is 0 Å². The van der Waals surface area contributed by atoms with Crippen molar-refractivity contribution in [1.82, 2.24) is 0 Å². The molecule has 3 aromatic rings. The third-order valence-electron chi connectivity index (χ3n) is 5.10. The fraction of sp³-hybridized carbons (Fsp3) is 0.111. The molecule has 1 aliphatic rings. The average molecular weight is 425 g/mol. The number of carbonyl (C=O) groups is 2. The summed E-state index contributed by atoms with van der Waals surface area (Å²) in [7, 11) is 1.58. The number of allylic oxidation sites excluding steroid dienone is 4. The van der Waals surface area contributed by atoms with E-state index in [1.54, 1.807) is 37.5 Å². The van der Waals surface area contributed by atoms with Crippen molar-refractivity contribution in [2.24, 2.45) is 0 Å². The number of nitrogens with one attached hydrogen (secondary N) is 1. The van der Waals surface area contributed by atoms with Crippen LogP contribution in [0, 0.1) is 0 Å². The third kappa shape index (κ3) is 5.13. The maximum atomic E-state index is 12.4. The molecule has 1 amide bonds. The standard InChI is InChI=1S/C27H23NO4/c1-31-22-14-12-21(13-15-22)28-26(29)16-17-27(30)32-23-8-4-2-7-20-11-10-19-6-3-5-9-24(19)25(20)18-23/h2-15,18H,16-17H2,1H3,(H,28,29)/b4-2-,7-2?,8-4?,20-7-,23-8+,23-18?,25-18+. The van der Waals surface area contributed by atoms with E-state index in [1.807, 2.05) is 48.6 Å². The van der Waals surface area contributed by atoms with Gasteiger partial charge in [0.2, 0.25) is 5.91 Å². The van der Waals surface area contributed by atoms with Gasteiger partial charge in [0.1, 0.15) is 11.5 Å². The van der Waals surface area contributed by atoms with Gasteiger partial charge in [-0.1, -0.05) is 54.6 Å². The fourth-order valence-electron chi connectivity index (χ4n) is 3.48. The van der Waals surface area contributed by atoms with Crippen LogP contribution in [0.15, 0.2) is 84.7 Å². The number of benzene rings is 3. The van der Waals surface area contributed by atoms with Gasteiger partial charge in [-0.05, 0) is 57.6 Å². The first-order valence-corrected chi connectivity index (χ1v) is 10.4. The number of hydrogen-bond acceptors (Lipinski definition) is 4. The number of amides is 1. The van der Waals surface area contributed by atoms with E-state index in [0.717, 1.165) is 21.2 Å². The zero-order valence-corrected chi connectivity index (χ0v) is 17.7. The highest BCUT2D eigenvalue weighted by molar-refractivity contribution is 5.93. The normalized spacial score (nSPS) is 17.1. The summed E-state index contributed by atoms with van der Waals surface area (Å²) in [5, 5.41) is 6.99. The largest absolute Gasteiger partial charge is 0.497 e. The van der Waals surface area contributed by atoms with Gasteiger partial charge < -0.3 is 14.8 Å². The van der Waals surface area contributed by atoms with E-state index < -0.39 is 5.97 Å². The van der Waals surface area contributed by atoms with Crippen molar-refractivity contribution in [3.05, 3.63) is 95.1 Å². The summed E-state index contributed by atoms with van der Waals surface area (Å²) in [6.07, 6.45) is 9.39. The maximum Gasteiger partial charge on any atom is 0.311 e. The summed E-state index contributed by atoms with van der Waals surface area (Å²) in [6.45, 7) is 0. The summed E-state index contributed by atoms with van der Waals surface area (Å²) in [4.78, 5) is 24.6. The van der Waals surface area contributed by atoms with Crippen molar-refractivity contribution >= 4 is 40.5 Å². The second kappa shape index (κ2) is 9.79. The Kier molecular flexibility index (Phi) is 6.46. The Morgan fingerprint density at radius 1 is 0.875 bits per heavy atom. The first-order chi connectivity index (χ1) is 15.6. The SMILES string of the molecule is COc1ccc(NC(=O)CCC(=O)OC2=C/C=C\C=c3\ccc4ccccc4\c3=C\2)cc1. The van der Waals surface area contributed by atoms with E-state index in [4.69, 9.17) is 9.47 Å². The summed E-state index contributed by atoms with van der Waals surface area (Å²) in [5.74, 6) is 0.425. The fourth-order valence-corrected chi connectivity index (χ4v) is 3.48. The van der Waals surface area contributed by atoms with Crippen molar-refractivity contribution in [3.63, 3.8) is 0 Å². The van der Waals surface area contributed by atoms with E-state index >= 15 is 0 Å². The molecule has 5 heteroatoms. The highest BCUT2D eigenvalue weighted by atomic mass is 16.5. The van der Waals surface area contributed by atoms with Gasteiger partial charge in [-0.3, -0.25) is 9.59 Å². The number of rotatable bonds is 6. The summed E-state index contributed by atoms with van der Waals surface area (Å²) < 4.78 is 10.7. The van der Waals surface area contributed by atoms with E-state index in [0.29, 0.717) is 17.2 Å². The number of methoxy groups -OCH3 is 1. The number of hydrogen-bond donors (Lipinski definition) is 1. The van der Waals surface area contributed by atoms with Gasteiger partial charge >= 0.3 is 5.97 Å². The van der Waals surface area contributed by atoms with Crippen molar-refractivity contribution in [2.45, 2.75) is 12.8 Å². The van der Waals surface area contributed by atoms with Crippen LogP contribution in [0.2, 0.25) is 0 Å². The van der Waals surface area contributed by atoms with Gasteiger partial charge in [0.25, 0.3) is 0 Å². The quantitative estimate of drug-likeness (QED) is 0.610. The van der Waals surface area contributed by atoms with Crippen LogP contribution in [-0.2, 0) is 14.3 Å². The molecule has 1 N–H and O–H groups in total. The molecule has 0 saturated carbocycles. The van der Waals surface area contributed by atoms with Gasteiger partial charge in [0.15, 0.2) is 0 Å². The molecule has 1 aliphatic carbocycles. The van der Waals surface area contributed by atoms with Crippen LogP contribution >= 0.6 is 0 Å². The Balaban J connectivity index is 1.43. The van der Waals surface area contributed by atoms with Gasteiger partial charge in [0, 0.05) is 12.1 Å². The zero-order chi connectivity index (χ0) is 22.3. The second-order valence-corrected chi connectivity index (χ2v) is 7.31. The molecule has 32 heavy (non-hydrogen) atoms. The van der Waals surface area contributed by atoms with Gasteiger partial charge in [-0.2, -0.15) is 0 Å². The maximum absolute atomic E-state index is 12.4. The average Bonchev–Trinajstić information content (AvgIpc) is 2.80. The van der Waals surface area contributed by atoms with E-state index in [-0.39, 0.29) is 18.7 Å². The number of esters is 1. The Labute approximate surface area is 186 Å². The highest BCUT2D eigenvalue weighted by Gasteiger charge is 2.11. The van der Waals surface area contributed by atoms with Crippen LogP contribution in [0.3, 0.4) is 0 Å². The minimum absolute atomic E-state index is 0.0224. The molecule has 0 spiro atoms. The molecule has 160 valence electrons. The third-order valence-corrected chi connectivity index (χ3v) is 5.10. The topological polar surface area (TPSA) is 64.6 Å². The molecule has 0 bridgehead atoms. The summed E-state index contributed by atoms with van der Waals surface area (Å²) in [5.41, 5.74) is 0.644. The lowest BCUT2D eigenvalue weighted by Crippen LogP contribution is -2.26. The molecular weight excluding hydrogens is 402 g/mol. The van der Waals surface area contributed by atoms with E-state index in [9.17, 15) is 9.59 Å². The molecule has 0 aromatic heterocycles. The minimum Gasteiger partial charge on any atom is -0.497 e. The molecule has 0 atom stereocenters. The molecule has 0 unspecified atom stereocenters. The Hall–Kier alpha value is -4.12. The lowest BCUT2D eigenvalue weighted by molar-refractivity contribution is -0.140. The van der Waals surface area contributed by atoms with Crippen molar-refractivity contribution < 1.29 is 19.1 Å². The smallest absolute Gasteiger partial charge is 0.311 e. The number of carbonyl (C=O) groups excluding carboxylic acids is 2. The van der Waals surface area contributed by atoms with Gasteiger partial charge in [0.05, 0.1) is 13.5 Å². The van der Waals surface area contributed by atoms with E-state index in [2.05, 4.69) is 17.4 Å². The first kappa shape index (κ1) is 21.1. The summed E-state index contributed by atoms with van der Waals surface area (Å²) in [6, 6.07) is 19.2. The van der Waals surface area contributed by atoms with E-state index in [1.165, 1.54) is 0 Å². The first-order valence-electron chi connectivity index (χ1n) is 10.4. The molecule has 0 saturated heterocycles. The van der Waals surface area contributed by atoms with Crippen molar-refractivity contribution in [1.29, 1.82) is 0 Å². The molecule has 0 radical (unpaired) electrons. The zero-order valence-electron chi connectivity index (χ0n) is 17.7. The monoisotopic (exact) mass is 425 g/mol. The molecule has 5 nitrogen and oxygen atoms in total. The predicted octanol–water partition coefficient (Wildman–Crippen LogP) is 3.83. The molecular formula is C27H23NO4. The van der Waals surface area contributed by atoms with Crippen molar-refractivity contribution in [3.8, 4) is 5.75 Å². The Morgan fingerprint density at radius 2 is 1.66 bits per heavy atom. The Bertz CT molecular complexity index is 1330. The van der Waals surface area contributed by atoms with Gasteiger partial charge in [-0.25, -0.2) is 0 Å². The minimum atomic E-state index is -0.461. The second-order valence-electron chi connectivity index (χ2n) is 7.31. The lowest BCUT2D eigenvalue weighted by atomic mass is 10.0. The lowest BCUT2D eigenvalue weighted by Gasteiger charge is -2.08. The van der Waals surface area contributed by atoms with Crippen LogP contribution in [0.5, 0.6) is 5.75 Å². The molecule has 3 aromatic carbocycles. The molecule has 0 heterocycles. The molecule has 0 aliphatic heterocycles. The Morgan fingerprint density at radius 3 is 2.47 bits per heavy atom. The predicted molar refractivity (Wildman–Crippen MR) is 126 cm³/mol. The highest BCUT2D eigenvalue weighted by Crippen LogP contribution is 2.15. The van der Waals surface area contributed by atoms with Crippen LogP contribution < -0.4 is 20.5 Å². The summed E-state index contributed by atoms with van der Waals surface area (Å²) >= 11 is 0. The molecule has 0 fully saturated rings. The molecule has 4 rings (SSSR count).